The zero-order valence-corrected chi connectivity index (χ0v) is 12.4. The van der Waals surface area contributed by atoms with E-state index in [2.05, 4.69) is 15.5 Å². The summed E-state index contributed by atoms with van der Waals surface area (Å²) in [5, 5.41) is 12.5. The Balaban J connectivity index is 1.72. The molecule has 0 fully saturated rings. The van der Waals surface area contributed by atoms with Crippen molar-refractivity contribution in [3.63, 3.8) is 0 Å². The number of thioether (sulfide) groups is 1. The van der Waals surface area contributed by atoms with Crippen LogP contribution in [0.2, 0.25) is 0 Å². The van der Waals surface area contributed by atoms with Gasteiger partial charge in [-0.3, -0.25) is 4.79 Å². The number of primary amides is 1. The molecule has 0 aliphatic rings. The first kappa shape index (κ1) is 14.3. The molecule has 7 heteroatoms. The van der Waals surface area contributed by atoms with Crippen LogP contribution in [0.15, 0.2) is 59.8 Å². The third-order valence-corrected chi connectivity index (χ3v) is 4.04. The molecule has 0 aliphatic carbocycles. The van der Waals surface area contributed by atoms with Crippen molar-refractivity contribution in [1.82, 2.24) is 20.2 Å². The second kappa shape index (κ2) is 6.40. The molecule has 2 aromatic carbocycles. The number of tetrazole rings is 1. The number of carbonyl (C=O) groups is 1. The average molecular weight is 311 g/mol. The summed E-state index contributed by atoms with van der Waals surface area (Å²) in [5.74, 6) is 0.277. The summed E-state index contributed by atoms with van der Waals surface area (Å²) in [6, 6.07) is 16.9. The number of benzene rings is 2. The predicted octanol–water partition coefficient (Wildman–Crippen LogP) is 2.05. The largest absolute Gasteiger partial charge is 0.366 e. The standard InChI is InChI=1S/C15H13N5OS/c16-14(21)12-8-6-11(7-9-12)10-22-15-17-18-19-20(15)13-4-2-1-3-5-13/h1-9H,10H2,(H2,16,21). The molecule has 110 valence electrons. The Morgan fingerprint density at radius 3 is 2.50 bits per heavy atom. The molecule has 1 aromatic heterocycles. The van der Waals surface area contributed by atoms with Crippen molar-refractivity contribution < 1.29 is 4.79 Å². The van der Waals surface area contributed by atoms with Gasteiger partial charge in [-0.2, -0.15) is 4.68 Å². The lowest BCUT2D eigenvalue weighted by molar-refractivity contribution is 0.100. The van der Waals surface area contributed by atoms with Crippen molar-refractivity contribution in [2.24, 2.45) is 5.73 Å². The molecule has 0 aliphatic heterocycles. The molecule has 0 saturated heterocycles. The highest BCUT2D eigenvalue weighted by Crippen LogP contribution is 2.22. The molecule has 0 unspecified atom stereocenters. The van der Waals surface area contributed by atoms with Crippen LogP contribution < -0.4 is 5.73 Å². The number of rotatable bonds is 5. The molecule has 0 atom stereocenters. The van der Waals surface area contributed by atoms with Crippen molar-refractivity contribution in [3.8, 4) is 5.69 Å². The van der Waals surface area contributed by atoms with Crippen LogP contribution in [0.25, 0.3) is 5.69 Å². The maximum Gasteiger partial charge on any atom is 0.248 e. The van der Waals surface area contributed by atoms with E-state index in [1.165, 1.54) is 11.8 Å². The summed E-state index contributed by atoms with van der Waals surface area (Å²) in [4.78, 5) is 11.0. The SMILES string of the molecule is NC(=O)c1ccc(CSc2nnnn2-c2ccccc2)cc1. The Morgan fingerprint density at radius 2 is 1.82 bits per heavy atom. The van der Waals surface area contributed by atoms with Crippen molar-refractivity contribution in [1.29, 1.82) is 0 Å². The van der Waals surface area contributed by atoms with E-state index in [0.717, 1.165) is 11.3 Å². The van der Waals surface area contributed by atoms with Gasteiger partial charge in [0, 0.05) is 11.3 Å². The zero-order valence-electron chi connectivity index (χ0n) is 11.6. The Labute approximate surface area is 131 Å². The number of nitrogens with two attached hydrogens (primary N) is 1. The van der Waals surface area contributed by atoms with E-state index in [1.807, 2.05) is 42.5 Å². The fourth-order valence-electron chi connectivity index (χ4n) is 1.91. The molecule has 0 spiro atoms. The lowest BCUT2D eigenvalue weighted by Crippen LogP contribution is -2.10. The monoisotopic (exact) mass is 311 g/mol. The molecule has 0 radical (unpaired) electrons. The van der Waals surface area contributed by atoms with Crippen LogP contribution in [-0.2, 0) is 5.75 Å². The molecule has 1 heterocycles. The number of nitrogens with zero attached hydrogens (tertiary/aromatic N) is 4. The van der Waals surface area contributed by atoms with E-state index in [-0.39, 0.29) is 0 Å². The topological polar surface area (TPSA) is 86.7 Å². The minimum absolute atomic E-state index is 0.424. The molecular formula is C15H13N5OS. The third kappa shape index (κ3) is 3.15. The second-order valence-electron chi connectivity index (χ2n) is 4.56. The first-order valence-corrected chi connectivity index (χ1v) is 7.58. The Kier molecular flexibility index (Phi) is 4.15. The van der Waals surface area contributed by atoms with Crippen LogP contribution in [0.5, 0.6) is 0 Å². The van der Waals surface area contributed by atoms with Gasteiger partial charge < -0.3 is 5.73 Å². The average Bonchev–Trinajstić information content (AvgIpc) is 3.02. The van der Waals surface area contributed by atoms with Crippen LogP contribution in [0.3, 0.4) is 0 Å². The molecule has 3 rings (SSSR count). The fraction of sp³-hybridized carbons (Fsp3) is 0.0667. The first-order chi connectivity index (χ1) is 10.7. The Bertz CT molecular complexity index is 770. The summed E-state index contributed by atoms with van der Waals surface area (Å²) in [6.45, 7) is 0. The van der Waals surface area contributed by atoms with E-state index >= 15 is 0 Å². The van der Waals surface area contributed by atoms with Crippen LogP contribution >= 0.6 is 11.8 Å². The smallest absolute Gasteiger partial charge is 0.248 e. The van der Waals surface area contributed by atoms with Gasteiger partial charge in [0.1, 0.15) is 0 Å². The lowest BCUT2D eigenvalue weighted by Gasteiger charge is -2.04. The number of hydrogen-bond acceptors (Lipinski definition) is 5. The maximum absolute atomic E-state index is 11.0. The van der Waals surface area contributed by atoms with Gasteiger partial charge in [-0.15, -0.1) is 5.10 Å². The second-order valence-corrected chi connectivity index (χ2v) is 5.50. The highest BCUT2D eigenvalue weighted by Gasteiger charge is 2.09. The van der Waals surface area contributed by atoms with Gasteiger partial charge in [-0.1, -0.05) is 42.1 Å². The number of para-hydroxylation sites is 1. The number of amides is 1. The van der Waals surface area contributed by atoms with Gasteiger partial charge >= 0.3 is 0 Å². The van der Waals surface area contributed by atoms with Crippen LogP contribution in [0.1, 0.15) is 15.9 Å². The Hall–Kier alpha value is -2.67. The lowest BCUT2D eigenvalue weighted by atomic mass is 10.1. The molecular weight excluding hydrogens is 298 g/mol. The van der Waals surface area contributed by atoms with Gasteiger partial charge in [-0.05, 0) is 40.3 Å². The summed E-state index contributed by atoms with van der Waals surface area (Å²) < 4.78 is 1.70. The summed E-state index contributed by atoms with van der Waals surface area (Å²) >= 11 is 1.53. The Morgan fingerprint density at radius 1 is 1.09 bits per heavy atom. The molecule has 6 nitrogen and oxygen atoms in total. The van der Waals surface area contributed by atoms with Gasteiger partial charge in [0.2, 0.25) is 11.1 Å². The van der Waals surface area contributed by atoms with Gasteiger partial charge in [0.25, 0.3) is 0 Å². The van der Waals surface area contributed by atoms with E-state index in [1.54, 1.807) is 16.8 Å². The minimum Gasteiger partial charge on any atom is -0.366 e. The van der Waals surface area contributed by atoms with Gasteiger partial charge in [0.15, 0.2) is 0 Å². The fourth-order valence-corrected chi connectivity index (χ4v) is 2.76. The van der Waals surface area contributed by atoms with Crippen molar-refractivity contribution in [3.05, 3.63) is 65.7 Å². The highest BCUT2D eigenvalue weighted by molar-refractivity contribution is 7.98. The zero-order chi connectivity index (χ0) is 15.4. The number of aromatic nitrogens is 4. The first-order valence-electron chi connectivity index (χ1n) is 6.59. The quantitative estimate of drug-likeness (QED) is 0.729. The van der Waals surface area contributed by atoms with Crippen LogP contribution in [-0.4, -0.2) is 26.1 Å². The normalized spacial score (nSPS) is 10.5. The maximum atomic E-state index is 11.0. The van der Waals surface area contributed by atoms with E-state index < -0.39 is 5.91 Å². The van der Waals surface area contributed by atoms with Crippen molar-refractivity contribution in [2.45, 2.75) is 10.9 Å². The van der Waals surface area contributed by atoms with E-state index in [0.29, 0.717) is 16.5 Å². The predicted molar refractivity (Wildman–Crippen MR) is 83.7 cm³/mol. The molecule has 0 bridgehead atoms. The van der Waals surface area contributed by atoms with Crippen LogP contribution in [0, 0.1) is 0 Å². The molecule has 0 saturated carbocycles. The van der Waals surface area contributed by atoms with Gasteiger partial charge in [0.05, 0.1) is 5.69 Å². The molecule has 22 heavy (non-hydrogen) atoms. The van der Waals surface area contributed by atoms with Crippen LogP contribution in [0.4, 0.5) is 0 Å². The third-order valence-electron chi connectivity index (χ3n) is 3.05. The minimum atomic E-state index is -0.424. The summed E-state index contributed by atoms with van der Waals surface area (Å²) in [7, 11) is 0. The van der Waals surface area contributed by atoms with Crippen molar-refractivity contribution in [2.75, 3.05) is 0 Å². The summed E-state index contributed by atoms with van der Waals surface area (Å²) in [5.41, 5.74) is 7.71. The number of hydrogen-bond donors (Lipinski definition) is 1. The van der Waals surface area contributed by atoms with Gasteiger partial charge in [-0.25, -0.2) is 0 Å². The molecule has 1 amide bonds. The van der Waals surface area contributed by atoms with E-state index in [4.69, 9.17) is 5.73 Å². The number of carbonyl (C=O) groups excluding carboxylic acids is 1. The van der Waals surface area contributed by atoms with E-state index in [9.17, 15) is 4.79 Å². The summed E-state index contributed by atoms with van der Waals surface area (Å²) in [6.07, 6.45) is 0. The molecule has 2 N–H and O–H groups in total. The molecule has 3 aromatic rings. The highest BCUT2D eigenvalue weighted by atomic mass is 32.2. The van der Waals surface area contributed by atoms with Crippen molar-refractivity contribution >= 4 is 17.7 Å².